The molecule has 3 N–H and O–H groups in total. The van der Waals surface area contributed by atoms with E-state index in [0.29, 0.717) is 11.4 Å². The van der Waals surface area contributed by atoms with E-state index < -0.39 is 17.7 Å². The van der Waals surface area contributed by atoms with Crippen molar-refractivity contribution in [2.45, 2.75) is 19.8 Å². The smallest absolute Gasteiger partial charge is 0.375 e. The lowest BCUT2D eigenvalue weighted by Crippen LogP contribution is -2.31. The van der Waals surface area contributed by atoms with E-state index in [9.17, 15) is 9.59 Å². The summed E-state index contributed by atoms with van der Waals surface area (Å²) in [6.07, 6.45) is 2.31. The van der Waals surface area contributed by atoms with Gasteiger partial charge in [-0.25, -0.2) is 10.2 Å². The molecule has 0 aliphatic rings. The molecule has 7 nitrogen and oxygen atoms in total. The molecule has 0 atom stereocenters. The highest BCUT2D eigenvalue weighted by Crippen LogP contribution is 2.18. The SMILES string of the molecule is CCCOC(=O)/C(N)=N/NC(=O)Cc1ccc2ncc(Cl)cc2c1. The van der Waals surface area contributed by atoms with E-state index in [2.05, 4.69) is 15.5 Å². The molecule has 1 aromatic heterocycles. The van der Waals surface area contributed by atoms with Gasteiger partial charge in [-0.3, -0.25) is 9.78 Å². The van der Waals surface area contributed by atoms with Gasteiger partial charge >= 0.3 is 5.97 Å². The molecule has 126 valence electrons. The molecule has 0 fully saturated rings. The van der Waals surface area contributed by atoms with Crippen molar-refractivity contribution in [3.8, 4) is 0 Å². The first kappa shape index (κ1) is 17.7. The van der Waals surface area contributed by atoms with Gasteiger partial charge in [0.1, 0.15) is 0 Å². The number of halogens is 1. The Hall–Kier alpha value is -2.67. The van der Waals surface area contributed by atoms with Crippen molar-refractivity contribution in [3.05, 3.63) is 41.0 Å². The molecule has 0 spiro atoms. The third-order valence-corrected chi connectivity index (χ3v) is 3.23. The van der Waals surface area contributed by atoms with Gasteiger partial charge in [0.2, 0.25) is 11.7 Å². The lowest BCUT2D eigenvalue weighted by atomic mass is 10.1. The first-order valence-electron chi connectivity index (χ1n) is 7.33. The predicted octanol–water partition coefficient (Wildman–Crippen LogP) is 1.77. The van der Waals surface area contributed by atoms with Crippen molar-refractivity contribution >= 4 is 40.2 Å². The fourth-order valence-electron chi connectivity index (χ4n) is 1.93. The summed E-state index contributed by atoms with van der Waals surface area (Å²) in [6, 6.07) is 7.17. The topological polar surface area (TPSA) is 107 Å². The van der Waals surface area contributed by atoms with Crippen LogP contribution in [0, 0.1) is 0 Å². The molecular weight excluding hydrogens is 332 g/mol. The number of hydrogen-bond donors (Lipinski definition) is 2. The number of rotatable bonds is 5. The minimum Gasteiger partial charge on any atom is -0.460 e. The summed E-state index contributed by atoms with van der Waals surface area (Å²) in [7, 11) is 0. The zero-order valence-corrected chi connectivity index (χ0v) is 13.8. The Kier molecular flexibility index (Phi) is 6.08. The number of aromatic nitrogens is 1. The number of hydrazone groups is 1. The number of nitrogens with zero attached hydrogens (tertiary/aromatic N) is 2. The van der Waals surface area contributed by atoms with Crippen LogP contribution in [0.25, 0.3) is 10.9 Å². The first-order chi connectivity index (χ1) is 11.5. The number of ether oxygens (including phenoxy) is 1. The maximum absolute atomic E-state index is 11.9. The molecule has 0 aliphatic carbocycles. The van der Waals surface area contributed by atoms with E-state index in [1.54, 1.807) is 24.4 Å². The van der Waals surface area contributed by atoms with Crippen LogP contribution in [0.3, 0.4) is 0 Å². The number of esters is 1. The van der Waals surface area contributed by atoms with Crippen molar-refractivity contribution in [1.29, 1.82) is 0 Å². The number of nitrogens with two attached hydrogens (primary N) is 1. The molecule has 0 unspecified atom stereocenters. The Morgan fingerprint density at radius 1 is 1.38 bits per heavy atom. The van der Waals surface area contributed by atoms with Gasteiger partial charge in [0.05, 0.1) is 23.6 Å². The highest BCUT2D eigenvalue weighted by molar-refractivity contribution is 6.34. The van der Waals surface area contributed by atoms with Crippen LogP contribution in [-0.4, -0.2) is 29.3 Å². The molecule has 2 rings (SSSR count). The van der Waals surface area contributed by atoms with Crippen LogP contribution in [0.2, 0.25) is 5.02 Å². The van der Waals surface area contributed by atoms with Gasteiger partial charge in [-0.15, -0.1) is 5.10 Å². The first-order valence-corrected chi connectivity index (χ1v) is 7.70. The maximum Gasteiger partial charge on any atom is 0.375 e. The van der Waals surface area contributed by atoms with Crippen LogP contribution < -0.4 is 11.2 Å². The summed E-state index contributed by atoms with van der Waals surface area (Å²) in [5.41, 5.74) is 9.20. The molecular formula is C16H17ClN4O3. The summed E-state index contributed by atoms with van der Waals surface area (Å²) in [4.78, 5) is 27.5. The second-order valence-electron chi connectivity index (χ2n) is 5.03. The number of carbonyl (C=O) groups is 2. The normalized spacial score (nSPS) is 11.3. The summed E-state index contributed by atoms with van der Waals surface area (Å²) >= 11 is 5.91. The molecule has 0 aliphatic heterocycles. The summed E-state index contributed by atoms with van der Waals surface area (Å²) in [5.74, 6) is -1.56. The van der Waals surface area contributed by atoms with Crippen LogP contribution in [0.15, 0.2) is 35.6 Å². The molecule has 0 bridgehead atoms. The Bertz CT molecular complexity index is 792. The number of fused-ring (bicyclic) bond motifs is 1. The molecule has 0 saturated carbocycles. The molecule has 1 heterocycles. The van der Waals surface area contributed by atoms with Gasteiger partial charge < -0.3 is 10.5 Å². The molecule has 8 heteroatoms. The largest absolute Gasteiger partial charge is 0.460 e. The second-order valence-corrected chi connectivity index (χ2v) is 5.46. The molecule has 24 heavy (non-hydrogen) atoms. The molecule has 1 aromatic carbocycles. The minimum absolute atomic E-state index is 0.0727. The zero-order chi connectivity index (χ0) is 17.5. The summed E-state index contributed by atoms with van der Waals surface area (Å²) in [5, 5.41) is 4.89. The lowest BCUT2D eigenvalue weighted by Gasteiger charge is -2.05. The average molecular weight is 349 g/mol. The monoisotopic (exact) mass is 348 g/mol. The van der Waals surface area contributed by atoms with E-state index in [1.807, 2.05) is 13.0 Å². The maximum atomic E-state index is 11.9. The van der Waals surface area contributed by atoms with E-state index in [4.69, 9.17) is 22.1 Å². The fraction of sp³-hybridized carbons (Fsp3) is 0.250. The van der Waals surface area contributed by atoms with Crippen LogP contribution in [0.4, 0.5) is 0 Å². The summed E-state index contributed by atoms with van der Waals surface area (Å²) < 4.78 is 4.80. The van der Waals surface area contributed by atoms with Gasteiger partial charge in [-0.1, -0.05) is 24.6 Å². The fourth-order valence-corrected chi connectivity index (χ4v) is 2.09. The number of carbonyl (C=O) groups excluding carboxylic acids is 2. The third kappa shape index (κ3) is 4.92. The predicted molar refractivity (Wildman–Crippen MR) is 91.5 cm³/mol. The highest BCUT2D eigenvalue weighted by Gasteiger charge is 2.10. The molecule has 2 aromatic rings. The molecule has 0 saturated heterocycles. The van der Waals surface area contributed by atoms with Gasteiger partial charge in [0.15, 0.2) is 0 Å². The zero-order valence-electron chi connectivity index (χ0n) is 13.1. The van der Waals surface area contributed by atoms with E-state index >= 15 is 0 Å². The van der Waals surface area contributed by atoms with Crippen molar-refractivity contribution in [1.82, 2.24) is 10.4 Å². The minimum atomic E-state index is -0.761. The number of amides is 1. The standard InChI is InChI=1S/C16H17ClN4O3/c1-2-5-24-16(23)15(18)21-20-14(22)7-10-3-4-13-11(6-10)8-12(17)9-19-13/h3-4,6,8-9H,2,5,7H2,1H3,(H2,18,21)(H,20,22). The quantitative estimate of drug-likeness (QED) is 0.370. The second kappa shape index (κ2) is 8.26. The highest BCUT2D eigenvalue weighted by atomic mass is 35.5. The molecule has 1 amide bonds. The van der Waals surface area contributed by atoms with E-state index in [-0.39, 0.29) is 13.0 Å². The van der Waals surface area contributed by atoms with Crippen LogP contribution in [0.5, 0.6) is 0 Å². The van der Waals surface area contributed by atoms with Crippen molar-refractivity contribution in [3.63, 3.8) is 0 Å². The van der Waals surface area contributed by atoms with Crippen LogP contribution >= 0.6 is 11.6 Å². The Morgan fingerprint density at radius 3 is 2.92 bits per heavy atom. The molecule has 0 radical (unpaired) electrons. The Labute approximate surface area is 143 Å². The number of pyridine rings is 1. The van der Waals surface area contributed by atoms with Crippen molar-refractivity contribution in [2.75, 3.05) is 6.61 Å². The van der Waals surface area contributed by atoms with Gasteiger partial charge in [0, 0.05) is 11.6 Å². The van der Waals surface area contributed by atoms with E-state index in [0.717, 1.165) is 16.5 Å². The van der Waals surface area contributed by atoms with Crippen molar-refractivity contribution in [2.24, 2.45) is 10.8 Å². The average Bonchev–Trinajstić information content (AvgIpc) is 2.57. The summed E-state index contributed by atoms with van der Waals surface area (Å²) in [6.45, 7) is 2.10. The van der Waals surface area contributed by atoms with Crippen LogP contribution in [0.1, 0.15) is 18.9 Å². The van der Waals surface area contributed by atoms with E-state index in [1.165, 1.54) is 0 Å². The Balaban J connectivity index is 1.98. The van der Waals surface area contributed by atoms with Gasteiger partial charge in [-0.05, 0) is 30.2 Å². The van der Waals surface area contributed by atoms with Crippen LogP contribution in [-0.2, 0) is 20.7 Å². The number of amidine groups is 1. The Morgan fingerprint density at radius 2 is 2.17 bits per heavy atom. The number of hydrogen-bond acceptors (Lipinski definition) is 5. The van der Waals surface area contributed by atoms with Gasteiger partial charge in [0.25, 0.3) is 0 Å². The number of nitrogens with one attached hydrogen (secondary N) is 1. The van der Waals surface area contributed by atoms with Crippen molar-refractivity contribution < 1.29 is 14.3 Å². The van der Waals surface area contributed by atoms with Gasteiger partial charge in [-0.2, -0.15) is 0 Å². The third-order valence-electron chi connectivity index (χ3n) is 3.02. The lowest BCUT2D eigenvalue weighted by molar-refractivity contribution is -0.135. The number of benzene rings is 1.